The van der Waals surface area contributed by atoms with Gasteiger partial charge < -0.3 is 20.6 Å². The molecule has 19 heavy (non-hydrogen) atoms. The van der Waals surface area contributed by atoms with Gasteiger partial charge in [0, 0.05) is 19.6 Å². The number of aromatic nitrogens is 1. The van der Waals surface area contributed by atoms with Crippen molar-refractivity contribution in [2.45, 2.75) is 13.3 Å². The number of carboxylic acids is 1. The van der Waals surface area contributed by atoms with Gasteiger partial charge in [-0.15, -0.1) is 0 Å². The van der Waals surface area contributed by atoms with Crippen molar-refractivity contribution in [1.29, 1.82) is 0 Å². The Morgan fingerprint density at radius 2 is 2.00 bits per heavy atom. The molecule has 0 aliphatic heterocycles. The average Bonchev–Trinajstić information content (AvgIpc) is 2.35. The SMILES string of the molecule is CCCN(CCN(C)C)c1nc(C(=O)O)ccc1N. The third-order valence-electron chi connectivity index (χ3n) is 2.73. The van der Waals surface area contributed by atoms with Crippen molar-refractivity contribution < 1.29 is 9.90 Å². The molecule has 0 saturated carbocycles. The second-order valence-electron chi connectivity index (χ2n) is 4.70. The lowest BCUT2D eigenvalue weighted by atomic mass is 10.3. The number of nitrogens with two attached hydrogens (primary N) is 1. The van der Waals surface area contributed by atoms with Gasteiger partial charge in [-0.1, -0.05) is 6.92 Å². The molecule has 0 unspecified atom stereocenters. The Morgan fingerprint density at radius 3 is 2.53 bits per heavy atom. The fourth-order valence-corrected chi connectivity index (χ4v) is 1.75. The number of carboxylic acid groups (broad SMARTS) is 1. The number of nitrogens with zero attached hydrogens (tertiary/aromatic N) is 3. The third-order valence-corrected chi connectivity index (χ3v) is 2.73. The van der Waals surface area contributed by atoms with E-state index in [2.05, 4.69) is 16.8 Å². The number of hydrogen-bond donors (Lipinski definition) is 2. The van der Waals surface area contributed by atoms with Crippen LogP contribution in [0.5, 0.6) is 0 Å². The molecule has 0 spiro atoms. The summed E-state index contributed by atoms with van der Waals surface area (Å²) in [6.07, 6.45) is 0.950. The minimum atomic E-state index is -1.04. The van der Waals surface area contributed by atoms with E-state index in [9.17, 15) is 4.79 Å². The van der Waals surface area contributed by atoms with E-state index in [0.717, 1.165) is 26.1 Å². The fraction of sp³-hybridized carbons (Fsp3) is 0.538. The van der Waals surface area contributed by atoms with Crippen LogP contribution in [0.4, 0.5) is 11.5 Å². The molecule has 3 N–H and O–H groups in total. The number of pyridine rings is 1. The molecular formula is C13H22N4O2. The Kier molecular flexibility index (Phi) is 5.57. The maximum absolute atomic E-state index is 11.0. The predicted molar refractivity (Wildman–Crippen MR) is 76.7 cm³/mol. The second kappa shape index (κ2) is 6.94. The van der Waals surface area contributed by atoms with Crippen molar-refractivity contribution in [3.8, 4) is 0 Å². The van der Waals surface area contributed by atoms with Crippen molar-refractivity contribution in [1.82, 2.24) is 9.88 Å². The van der Waals surface area contributed by atoms with Crippen molar-refractivity contribution in [3.05, 3.63) is 17.8 Å². The smallest absolute Gasteiger partial charge is 0.354 e. The highest BCUT2D eigenvalue weighted by Gasteiger charge is 2.14. The van der Waals surface area contributed by atoms with Crippen LogP contribution in [0.1, 0.15) is 23.8 Å². The average molecular weight is 266 g/mol. The molecule has 6 nitrogen and oxygen atoms in total. The first-order valence-corrected chi connectivity index (χ1v) is 6.35. The highest BCUT2D eigenvalue weighted by molar-refractivity contribution is 5.87. The molecule has 1 aromatic rings. The minimum Gasteiger partial charge on any atom is -0.477 e. The third kappa shape index (κ3) is 4.40. The molecule has 1 aromatic heterocycles. The molecule has 0 aromatic carbocycles. The molecule has 0 aliphatic rings. The predicted octanol–water partition coefficient (Wildman–Crippen LogP) is 1.14. The van der Waals surface area contributed by atoms with E-state index in [1.807, 2.05) is 19.0 Å². The summed E-state index contributed by atoms with van der Waals surface area (Å²) < 4.78 is 0. The van der Waals surface area contributed by atoms with Crippen LogP contribution in [0.3, 0.4) is 0 Å². The fourth-order valence-electron chi connectivity index (χ4n) is 1.75. The van der Waals surface area contributed by atoms with E-state index in [1.165, 1.54) is 6.07 Å². The van der Waals surface area contributed by atoms with E-state index in [4.69, 9.17) is 10.8 Å². The molecule has 0 radical (unpaired) electrons. The summed E-state index contributed by atoms with van der Waals surface area (Å²) in [4.78, 5) is 19.2. The Morgan fingerprint density at radius 1 is 1.32 bits per heavy atom. The van der Waals surface area contributed by atoms with Gasteiger partial charge in [0.25, 0.3) is 0 Å². The zero-order valence-electron chi connectivity index (χ0n) is 11.8. The topological polar surface area (TPSA) is 82.7 Å². The summed E-state index contributed by atoms with van der Waals surface area (Å²) in [5.74, 6) is -0.478. The zero-order chi connectivity index (χ0) is 14.4. The van der Waals surface area contributed by atoms with Crippen molar-refractivity contribution in [2.75, 3.05) is 44.4 Å². The van der Waals surface area contributed by atoms with E-state index >= 15 is 0 Å². The standard InChI is InChI=1S/C13H22N4O2/c1-4-7-17(9-8-16(2)3)12-10(14)5-6-11(15-12)13(18)19/h5-6H,4,7-9,14H2,1-3H3,(H,18,19). The molecule has 6 heteroatoms. The van der Waals surface area contributed by atoms with Crippen LogP contribution >= 0.6 is 0 Å². The first-order valence-electron chi connectivity index (χ1n) is 6.35. The Balaban J connectivity index is 2.99. The van der Waals surface area contributed by atoms with Crippen LogP contribution in [0.2, 0.25) is 0 Å². The monoisotopic (exact) mass is 266 g/mol. The Hall–Kier alpha value is -1.82. The summed E-state index contributed by atoms with van der Waals surface area (Å²) >= 11 is 0. The number of nitrogen functional groups attached to an aromatic ring is 1. The number of rotatable bonds is 7. The molecule has 0 saturated heterocycles. The summed E-state index contributed by atoms with van der Waals surface area (Å²) in [6, 6.07) is 3.03. The largest absolute Gasteiger partial charge is 0.477 e. The van der Waals surface area contributed by atoms with Gasteiger partial charge >= 0.3 is 5.97 Å². The molecule has 0 aliphatic carbocycles. The van der Waals surface area contributed by atoms with Crippen LogP contribution in [0, 0.1) is 0 Å². The summed E-state index contributed by atoms with van der Waals surface area (Å²) in [5.41, 5.74) is 6.45. The molecule has 106 valence electrons. The van der Waals surface area contributed by atoms with Crippen molar-refractivity contribution in [3.63, 3.8) is 0 Å². The molecule has 1 heterocycles. The summed E-state index contributed by atoms with van der Waals surface area (Å²) in [6.45, 7) is 4.49. The maximum atomic E-state index is 11.0. The van der Waals surface area contributed by atoms with Gasteiger partial charge in [0.2, 0.25) is 0 Å². The zero-order valence-corrected chi connectivity index (χ0v) is 11.8. The van der Waals surface area contributed by atoms with E-state index in [0.29, 0.717) is 11.5 Å². The Bertz CT molecular complexity index is 435. The first-order chi connectivity index (χ1) is 8.95. The van der Waals surface area contributed by atoms with E-state index < -0.39 is 5.97 Å². The molecule has 0 amide bonds. The second-order valence-corrected chi connectivity index (χ2v) is 4.70. The van der Waals surface area contributed by atoms with Crippen LogP contribution in [0.25, 0.3) is 0 Å². The number of hydrogen-bond acceptors (Lipinski definition) is 5. The van der Waals surface area contributed by atoms with Gasteiger partial charge in [-0.05, 0) is 32.6 Å². The van der Waals surface area contributed by atoms with Gasteiger partial charge in [0.1, 0.15) is 0 Å². The summed E-state index contributed by atoms with van der Waals surface area (Å²) in [5, 5.41) is 9.00. The number of aromatic carboxylic acids is 1. The van der Waals surface area contributed by atoms with Crippen LogP contribution in [-0.2, 0) is 0 Å². The van der Waals surface area contributed by atoms with Crippen LogP contribution < -0.4 is 10.6 Å². The molecule has 0 fully saturated rings. The number of anilines is 2. The van der Waals surface area contributed by atoms with Gasteiger partial charge in [-0.2, -0.15) is 0 Å². The Labute approximate surface area is 113 Å². The van der Waals surface area contributed by atoms with E-state index in [-0.39, 0.29) is 5.69 Å². The molecule has 0 atom stereocenters. The number of likely N-dealkylation sites (N-methyl/N-ethyl adjacent to an activating group) is 1. The lowest BCUT2D eigenvalue weighted by molar-refractivity contribution is 0.0690. The highest BCUT2D eigenvalue weighted by Crippen LogP contribution is 2.21. The van der Waals surface area contributed by atoms with E-state index in [1.54, 1.807) is 6.07 Å². The summed E-state index contributed by atoms with van der Waals surface area (Å²) in [7, 11) is 3.99. The first kappa shape index (κ1) is 15.2. The quantitative estimate of drug-likeness (QED) is 0.770. The molecular weight excluding hydrogens is 244 g/mol. The van der Waals surface area contributed by atoms with Crippen molar-refractivity contribution in [2.24, 2.45) is 0 Å². The van der Waals surface area contributed by atoms with Crippen LogP contribution in [0.15, 0.2) is 12.1 Å². The van der Waals surface area contributed by atoms with Crippen LogP contribution in [-0.4, -0.2) is 54.7 Å². The van der Waals surface area contributed by atoms with Gasteiger partial charge in [-0.25, -0.2) is 9.78 Å². The molecule has 0 bridgehead atoms. The highest BCUT2D eigenvalue weighted by atomic mass is 16.4. The maximum Gasteiger partial charge on any atom is 0.354 e. The lowest BCUT2D eigenvalue weighted by Gasteiger charge is -2.26. The number of carbonyl (C=O) groups is 1. The van der Waals surface area contributed by atoms with Gasteiger partial charge in [-0.3, -0.25) is 0 Å². The van der Waals surface area contributed by atoms with Crippen molar-refractivity contribution >= 4 is 17.5 Å². The normalized spacial score (nSPS) is 10.7. The molecule has 1 rings (SSSR count). The minimum absolute atomic E-state index is 0.0233. The van der Waals surface area contributed by atoms with Gasteiger partial charge in [0.15, 0.2) is 11.5 Å². The lowest BCUT2D eigenvalue weighted by Crippen LogP contribution is -2.33. The van der Waals surface area contributed by atoms with Gasteiger partial charge in [0.05, 0.1) is 5.69 Å².